The van der Waals surface area contributed by atoms with Crippen molar-refractivity contribution < 1.29 is 9.59 Å². The van der Waals surface area contributed by atoms with Crippen molar-refractivity contribution in [1.82, 2.24) is 15.8 Å². The minimum Gasteiger partial charge on any atom is -0.267 e. The highest BCUT2D eigenvalue weighted by Crippen LogP contribution is 2.20. The van der Waals surface area contributed by atoms with Crippen LogP contribution in [0.3, 0.4) is 0 Å². The molecule has 0 spiro atoms. The second-order valence-electron chi connectivity index (χ2n) is 3.77. The maximum atomic E-state index is 11.9. The zero-order chi connectivity index (χ0) is 14.5. The average Bonchev–Trinajstić information content (AvgIpc) is 2.47. The first-order chi connectivity index (χ1) is 9.58. The number of hydrogen-bond donors (Lipinski definition) is 2. The molecule has 102 valence electrons. The minimum absolute atomic E-state index is 0.257. The highest BCUT2D eigenvalue weighted by atomic mass is 79.9. The monoisotopic (exact) mass is 353 g/mol. The van der Waals surface area contributed by atoms with Crippen molar-refractivity contribution in [3.05, 3.63) is 63.3 Å². The highest BCUT2D eigenvalue weighted by Gasteiger charge is 2.12. The van der Waals surface area contributed by atoms with Gasteiger partial charge in [0, 0.05) is 16.9 Å². The Hall–Kier alpha value is -1.92. The molecular weight excluding hydrogens is 346 g/mol. The first-order valence-corrected chi connectivity index (χ1v) is 6.71. The SMILES string of the molecule is O=C(NNC(=O)c1cc(Br)ccc1Cl)c1cccnc1. The van der Waals surface area contributed by atoms with Gasteiger partial charge in [0.1, 0.15) is 0 Å². The maximum absolute atomic E-state index is 11.9. The number of hydrogen-bond acceptors (Lipinski definition) is 3. The zero-order valence-corrected chi connectivity index (χ0v) is 12.4. The summed E-state index contributed by atoms with van der Waals surface area (Å²) in [7, 11) is 0. The number of nitrogens with zero attached hydrogens (tertiary/aromatic N) is 1. The number of hydrazine groups is 1. The van der Waals surface area contributed by atoms with Gasteiger partial charge in [0.25, 0.3) is 11.8 Å². The summed E-state index contributed by atoms with van der Waals surface area (Å²) in [5.74, 6) is -0.967. The number of amides is 2. The summed E-state index contributed by atoms with van der Waals surface area (Å²) in [6.07, 6.45) is 2.95. The van der Waals surface area contributed by atoms with Crippen LogP contribution in [0.15, 0.2) is 47.2 Å². The Morgan fingerprint density at radius 3 is 2.60 bits per heavy atom. The van der Waals surface area contributed by atoms with Crippen LogP contribution in [-0.2, 0) is 0 Å². The van der Waals surface area contributed by atoms with Crippen molar-refractivity contribution in [2.24, 2.45) is 0 Å². The molecule has 0 atom stereocenters. The molecule has 0 bridgehead atoms. The lowest BCUT2D eigenvalue weighted by molar-refractivity contribution is 0.0846. The lowest BCUT2D eigenvalue weighted by atomic mass is 10.2. The van der Waals surface area contributed by atoms with E-state index in [2.05, 4.69) is 31.8 Å². The molecule has 1 heterocycles. The molecule has 2 N–H and O–H groups in total. The molecule has 2 aromatic rings. The molecule has 1 aromatic carbocycles. The molecule has 0 saturated heterocycles. The third-order valence-electron chi connectivity index (χ3n) is 2.39. The van der Waals surface area contributed by atoms with Gasteiger partial charge in [-0.3, -0.25) is 25.4 Å². The van der Waals surface area contributed by atoms with Crippen LogP contribution in [0.4, 0.5) is 0 Å². The number of carbonyl (C=O) groups is 2. The molecule has 0 radical (unpaired) electrons. The summed E-state index contributed by atoms with van der Waals surface area (Å²) in [6.45, 7) is 0. The second-order valence-corrected chi connectivity index (χ2v) is 5.10. The summed E-state index contributed by atoms with van der Waals surface area (Å²) in [6, 6.07) is 8.08. The van der Waals surface area contributed by atoms with Gasteiger partial charge in [0.15, 0.2) is 0 Å². The van der Waals surface area contributed by atoms with Gasteiger partial charge >= 0.3 is 0 Å². The van der Waals surface area contributed by atoms with Crippen LogP contribution in [0, 0.1) is 0 Å². The summed E-state index contributed by atoms with van der Waals surface area (Å²) >= 11 is 9.17. The maximum Gasteiger partial charge on any atom is 0.271 e. The molecule has 2 amide bonds. The molecule has 0 unspecified atom stereocenters. The molecule has 0 aliphatic carbocycles. The van der Waals surface area contributed by atoms with Crippen LogP contribution >= 0.6 is 27.5 Å². The highest BCUT2D eigenvalue weighted by molar-refractivity contribution is 9.10. The number of carbonyl (C=O) groups excluding carboxylic acids is 2. The van der Waals surface area contributed by atoms with Gasteiger partial charge in [0.2, 0.25) is 0 Å². The van der Waals surface area contributed by atoms with Gasteiger partial charge in [-0.05, 0) is 30.3 Å². The number of benzene rings is 1. The molecule has 0 aliphatic heterocycles. The van der Waals surface area contributed by atoms with E-state index >= 15 is 0 Å². The summed E-state index contributed by atoms with van der Waals surface area (Å²) in [5.41, 5.74) is 5.18. The number of nitrogens with one attached hydrogen (secondary N) is 2. The molecule has 1 aromatic heterocycles. The normalized spacial score (nSPS) is 9.90. The van der Waals surface area contributed by atoms with Crippen molar-refractivity contribution in [1.29, 1.82) is 0 Å². The summed E-state index contributed by atoms with van der Waals surface area (Å²) in [5, 5.41) is 0.293. The van der Waals surface area contributed by atoms with Gasteiger partial charge in [0.05, 0.1) is 16.1 Å². The fraction of sp³-hybridized carbons (Fsp3) is 0. The van der Waals surface area contributed by atoms with Gasteiger partial charge in [-0.1, -0.05) is 27.5 Å². The van der Waals surface area contributed by atoms with E-state index in [-0.39, 0.29) is 5.56 Å². The number of halogens is 2. The fourth-order valence-electron chi connectivity index (χ4n) is 1.42. The van der Waals surface area contributed by atoms with Crippen molar-refractivity contribution in [2.75, 3.05) is 0 Å². The number of pyridine rings is 1. The lowest BCUT2D eigenvalue weighted by Crippen LogP contribution is -2.41. The van der Waals surface area contributed by atoms with E-state index in [0.29, 0.717) is 15.1 Å². The molecule has 0 saturated carbocycles. The van der Waals surface area contributed by atoms with Crippen LogP contribution in [-0.4, -0.2) is 16.8 Å². The average molecular weight is 355 g/mol. The van der Waals surface area contributed by atoms with Gasteiger partial charge in [-0.25, -0.2) is 0 Å². The molecule has 2 rings (SSSR count). The molecule has 7 heteroatoms. The Bertz CT molecular complexity index is 649. The Labute approximate surface area is 128 Å². The number of aromatic nitrogens is 1. The molecule has 0 aliphatic rings. The number of rotatable bonds is 2. The van der Waals surface area contributed by atoms with Crippen LogP contribution in [0.25, 0.3) is 0 Å². The molecule has 5 nitrogen and oxygen atoms in total. The minimum atomic E-state index is -0.506. The third kappa shape index (κ3) is 3.55. The lowest BCUT2D eigenvalue weighted by Gasteiger charge is -2.08. The Kier molecular flexibility index (Phi) is 4.70. The predicted octanol–water partition coefficient (Wildman–Crippen LogP) is 2.57. The van der Waals surface area contributed by atoms with E-state index in [4.69, 9.17) is 11.6 Å². The predicted molar refractivity (Wildman–Crippen MR) is 78.3 cm³/mol. The van der Waals surface area contributed by atoms with E-state index in [1.54, 1.807) is 36.5 Å². The first kappa shape index (κ1) is 14.5. The third-order valence-corrected chi connectivity index (χ3v) is 3.21. The molecular formula is C13H9BrClN3O2. The van der Waals surface area contributed by atoms with Crippen molar-refractivity contribution >= 4 is 39.3 Å². The van der Waals surface area contributed by atoms with Crippen LogP contribution in [0.1, 0.15) is 20.7 Å². The van der Waals surface area contributed by atoms with Gasteiger partial charge < -0.3 is 0 Å². The Morgan fingerprint density at radius 2 is 1.90 bits per heavy atom. The van der Waals surface area contributed by atoms with Crippen molar-refractivity contribution in [3.8, 4) is 0 Å². The van der Waals surface area contributed by atoms with Gasteiger partial charge in [-0.15, -0.1) is 0 Å². The first-order valence-electron chi connectivity index (χ1n) is 5.53. The second kappa shape index (κ2) is 6.49. The van der Waals surface area contributed by atoms with E-state index < -0.39 is 11.8 Å². The standard InChI is InChI=1S/C13H9BrClN3O2/c14-9-3-4-11(15)10(6-9)13(20)18-17-12(19)8-2-1-5-16-7-8/h1-7H,(H,17,19)(H,18,20). The summed E-state index contributed by atoms with van der Waals surface area (Å²) < 4.78 is 0.714. The van der Waals surface area contributed by atoms with Crippen LogP contribution in [0.2, 0.25) is 5.02 Å². The van der Waals surface area contributed by atoms with Gasteiger partial charge in [-0.2, -0.15) is 0 Å². The zero-order valence-electron chi connectivity index (χ0n) is 10.1. The quantitative estimate of drug-likeness (QED) is 0.814. The van der Waals surface area contributed by atoms with E-state index in [9.17, 15) is 9.59 Å². The molecule has 0 fully saturated rings. The van der Waals surface area contributed by atoms with Crippen LogP contribution < -0.4 is 10.9 Å². The van der Waals surface area contributed by atoms with E-state index in [1.165, 1.54) is 6.20 Å². The smallest absolute Gasteiger partial charge is 0.267 e. The van der Waals surface area contributed by atoms with Crippen LogP contribution in [0.5, 0.6) is 0 Å². The van der Waals surface area contributed by atoms with E-state index in [1.807, 2.05) is 0 Å². The fourth-order valence-corrected chi connectivity index (χ4v) is 1.99. The Morgan fingerprint density at radius 1 is 1.15 bits per heavy atom. The largest absolute Gasteiger partial charge is 0.271 e. The van der Waals surface area contributed by atoms with Crippen molar-refractivity contribution in [3.63, 3.8) is 0 Å². The topological polar surface area (TPSA) is 71.1 Å². The van der Waals surface area contributed by atoms with E-state index in [0.717, 1.165) is 0 Å². The molecule has 20 heavy (non-hydrogen) atoms. The summed E-state index contributed by atoms with van der Waals surface area (Å²) in [4.78, 5) is 27.4. The van der Waals surface area contributed by atoms with Crippen molar-refractivity contribution in [2.45, 2.75) is 0 Å². The Balaban J connectivity index is 2.02.